The maximum absolute atomic E-state index is 12.5. The fourth-order valence-corrected chi connectivity index (χ4v) is 3.02. The lowest BCUT2D eigenvalue weighted by atomic mass is 9.97. The lowest BCUT2D eigenvalue weighted by molar-refractivity contribution is -0.152. The Bertz CT molecular complexity index is 723. The van der Waals surface area contributed by atoms with Crippen molar-refractivity contribution in [3.63, 3.8) is 0 Å². The molecule has 0 saturated carbocycles. The van der Waals surface area contributed by atoms with Crippen molar-refractivity contribution in [2.45, 2.75) is 39.7 Å². The van der Waals surface area contributed by atoms with Crippen LogP contribution in [0.25, 0.3) is 0 Å². The third-order valence-corrected chi connectivity index (χ3v) is 4.50. The molecular weight excluding hydrogens is 364 g/mol. The van der Waals surface area contributed by atoms with Crippen LogP contribution >= 0.6 is 0 Å². The van der Waals surface area contributed by atoms with Gasteiger partial charge >= 0.3 is 11.9 Å². The average Bonchev–Trinajstić information content (AvgIpc) is 2.67. The van der Waals surface area contributed by atoms with Gasteiger partial charge in [0.15, 0.2) is 6.10 Å². The quantitative estimate of drug-likeness (QED) is 0.746. The first-order chi connectivity index (χ1) is 13.3. The maximum Gasteiger partial charge on any atom is 0.338 e. The van der Waals surface area contributed by atoms with Gasteiger partial charge in [0.1, 0.15) is 0 Å². The van der Waals surface area contributed by atoms with Crippen molar-refractivity contribution in [1.29, 1.82) is 0 Å². The molecule has 0 radical (unpaired) electrons. The number of amides is 2. The molecule has 1 aromatic carbocycles. The molecule has 1 aliphatic heterocycles. The van der Waals surface area contributed by atoms with Crippen molar-refractivity contribution in [3.8, 4) is 0 Å². The number of anilines is 1. The third-order valence-electron chi connectivity index (χ3n) is 4.50. The van der Waals surface area contributed by atoms with E-state index in [0.29, 0.717) is 38.2 Å². The SMILES string of the molecule is CCOC(=O)C1CCN(C(=O)C(C)OC(=O)c2ccc(NC(C)=O)cc2)CC1. The minimum atomic E-state index is -0.929. The van der Waals surface area contributed by atoms with Gasteiger partial charge in [-0.25, -0.2) is 4.79 Å². The first-order valence-corrected chi connectivity index (χ1v) is 9.35. The molecule has 1 heterocycles. The standard InChI is InChI=1S/C20H26N2O6/c1-4-27-19(25)16-9-11-22(12-10-16)18(24)13(2)28-20(26)15-5-7-17(8-6-15)21-14(3)23/h5-8,13,16H,4,9-12H2,1-3H3,(H,21,23). The molecule has 28 heavy (non-hydrogen) atoms. The number of carbonyl (C=O) groups excluding carboxylic acids is 4. The summed E-state index contributed by atoms with van der Waals surface area (Å²) in [6.45, 7) is 5.89. The Kier molecular flexibility index (Phi) is 7.54. The lowest BCUT2D eigenvalue weighted by Gasteiger charge is -2.32. The van der Waals surface area contributed by atoms with Gasteiger partial charge in [-0.1, -0.05) is 0 Å². The normalized spacial score (nSPS) is 15.5. The molecule has 0 aliphatic carbocycles. The van der Waals surface area contributed by atoms with Gasteiger partial charge in [0, 0.05) is 25.7 Å². The Morgan fingerprint density at radius 2 is 1.75 bits per heavy atom. The Morgan fingerprint density at radius 1 is 1.14 bits per heavy atom. The molecule has 1 fully saturated rings. The molecule has 8 nitrogen and oxygen atoms in total. The van der Waals surface area contributed by atoms with Crippen LogP contribution in [0.2, 0.25) is 0 Å². The Labute approximate surface area is 164 Å². The highest BCUT2D eigenvalue weighted by molar-refractivity contribution is 5.93. The summed E-state index contributed by atoms with van der Waals surface area (Å²) >= 11 is 0. The van der Waals surface area contributed by atoms with Crippen molar-refractivity contribution in [3.05, 3.63) is 29.8 Å². The average molecular weight is 390 g/mol. The molecular formula is C20H26N2O6. The van der Waals surface area contributed by atoms with Crippen molar-refractivity contribution in [2.24, 2.45) is 5.92 Å². The van der Waals surface area contributed by atoms with E-state index in [1.165, 1.54) is 26.0 Å². The molecule has 152 valence electrons. The highest BCUT2D eigenvalue weighted by Crippen LogP contribution is 2.20. The first-order valence-electron chi connectivity index (χ1n) is 9.35. The van der Waals surface area contributed by atoms with E-state index in [2.05, 4.69) is 5.32 Å². The van der Waals surface area contributed by atoms with Gasteiger partial charge < -0.3 is 19.7 Å². The molecule has 2 amide bonds. The van der Waals surface area contributed by atoms with E-state index in [9.17, 15) is 19.2 Å². The predicted molar refractivity (Wildman–Crippen MR) is 102 cm³/mol. The zero-order valence-electron chi connectivity index (χ0n) is 16.4. The van der Waals surface area contributed by atoms with E-state index in [1.54, 1.807) is 24.0 Å². The van der Waals surface area contributed by atoms with E-state index < -0.39 is 12.1 Å². The van der Waals surface area contributed by atoms with Crippen molar-refractivity contribution in [2.75, 3.05) is 25.0 Å². The molecule has 1 aliphatic rings. The minimum absolute atomic E-state index is 0.191. The van der Waals surface area contributed by atoms with Crippen LogP contribution in [0.15, 0.2) is 24.3 Å². The maximum atomic E-state index is 12.5. The molecule has 1 saturated heterocycles. The molecule has 1 aromatic rings. The minimum Gasteiger partial charge on any atom is -0.466 e. The third kappa shape index (κ3) is 5.80. The number of likely N-dealkylation sites (tertiary alicyclic amines) is 1. The largest absolute Gasteiger partial charge is 0.466 e. The van der Waals surface area contributed by atoms with Gasteiger partial charge in [0.2, 0.25) is 5.91 Å². The number of hydrogen-bond donors (Lipinski definition) is 1. The molecule has 0 bridgehead atoms. The molecule has 1 N–H and O–H groups in total. The van der Waals surface area contributed by atoms with E-state index >= 15 is 0 Å². The number of hydrogen-bond acceptors (Lipinski definition) is 6. The van der Waals surface area contributed by atoms with Crippen molar-refractivity contribution >= 4 is 29.4 Å². The topological polar surface area (TPSA) is 102 Å². The van der Waals surface area contributed by atoms with Crippen LogP contribution in [0.3, 0.4) is 0 Å². The van der Waals surface area contributed by atoms with Gasteiger partial charge in [-0.15, -0.1) is 0 Å². The zero-order chi connectivity index (χ0) is 20.7. The summed E-state index contributed by atoms with van der Waals surface area (Å²) in [5.74, 6) is -1.52. The highest BCUT2D eigenvalue weighted by Gasteiger charge is 2.31. The number of carbonyl (C=O) groups is 4. The summed E-state index contributed by atoms with van der Waals surface area (Å²) in [5, 5.41) is 2.61. The fourth-order valence-electron chi connectivity index (χ4n) is 3.02. The molecule has 0 spiro atoms. The number of esters is 2. The van der Waals surface area contributed by atoms with Crippen LogP contribution in [0, 0.1) is 5.92 Å². The smallest absolute Gasteiger partial charge is 0.338 e. The van der Waals surface area contributed by atoms with E-state index in [0.717, 1.165) is 0 Å². The van der Waals surface area contributed by atoms with Crippen LogP contribution in [-0.4, -0.2) is 54.5 Å². The molecule has 2 rings (SSSR count). The van der Waals surface area contributed by atoms with Gasteiger partial charge in [-0.05, 0) is 51.0 Å². The van der Waals surface area contributed by atoms with Gasteiger partial charge in [-0.3, -0.25) is 14.4 Å². The monoisotopic (exact) mass is 390 g/mol. The van der Waals surface area contributed by atoms with Gasteiger partial charge in [-0.2, -0.15) is 0 Å². The zero-order valence-corrected chi connectivity index (χ0v) is 16.4. The predicted octanol–water partition coefficient (Wildman–Crippen LogP) is 1.99. The van der Waals surface area contributed by atoms with E-state index in [-0.39, 0.29) is 29.3 Å². The summed E-state index contributed by atoms with van der Waals surface area (Å²) in [4.78, 5) is 49.2. The fraction of sp³-hybridized carbons (Fsp3) is 0.500. The van der Waals surface area contributed by atoms with E-state index in [4.69, 9.17) is 9.47 Å². The van der Waals surface area contributed by atoms with Crippen molar-refractivity contribution in [1.82, 2.24) is 4.90 Å². The number of rotatable bonds is 6. The molecule has 0 aromatic heterocycles. The van der Waals surface area contributed by atoms with Crippen LogP contribution in [0.1, 0.15) is 44.0 Å². The van der Waals surface area contributed by atoms with Gasteiger partial charge in [0.25, 0.3) is 5.91 Å². The number of nitrogens with one attached hydrogen (secondary N) is 1. The second kappa shape index (κ2) is 9.87. The summed E-state index contributed by atoms with van der Waals surface area (Å²) < 4.78 is 10.3. The second-order valence-corrected chi connectivity index (χ2v) is 6.66. The summed E-state index contributed by atoms with van der Waals surface area (Å²) in [6.07, 6.45) is 0.146. The number of piperidine rings is 1. The molecule has 8 heteroatoms. The number of ether oxygens (including phenoxy) is 2. The number of nitrogens with zero attached hydrogens (tertiary/aromatic N) is 1. The summed E-state index contributed by atoms with van der Waals surface area (Å²) in [6, 6.07) is 6.22. The van der Waals surface area contributed by atoms with Crippen LogP contribution in [0.5, 0.6) is 0 Å². The Morgan fingerprint density at radius 3 is 2.29 bits per heavy atom. The van der Waals surface area contributed by atoms with Crippen LogP contribution in [0.4, 0.5) is 5.69 Å². The summed E-state index contributed by atoms with van der Waals surface area (Å²) in [5.41, 5.74) is 0.854. The molecule has 1 unspecified atom stereocenters. The van der Waals surface area contributed by atoms with Gasteiger partial charge in [0.05, 0.1) is 18.1 Å². The van der Waals surface area contributed by atoms with E-state index in [1.807, 2.05) is 0 Å². The summed E-state index contributed by atoms with van der Waals surface area (Å²) in [7, 11) is 0. The number of benzene rings is 1. The highest BCUT2D eigenvalue weighted by atomic mass is 16.5. The van der Waals surface area contributed by atoms with Crippen LogP contribution < -0.4 is 5.32 Å². The Balaban J connectivity index is 1.86. The Hall–Kier alpha value is -2.90. The molecule has 1 atom stereocenters. The van der Waals surface area contributed by atoms with Crippen LogP contribution in [-0.2, 0) is 23.9 Å². The second-order valence-electron chi connectivity index (χ2n) is 6.66. The lowest BCUT2D eigenvalue weighted by Crippen LogP contribution is -2.45. The first kappa shape index (κ1) is 21.4. The van der Waals surface area contributed by atoms with Crippen molar-refractivity contribution < 1.29 is 28.7 Å².